The van der Waals surface area contributed by atoms with Gasteiger partial charge in [-0.1, -0.05) is 42.8 Å². The molecule has 0 radical (unpaired) electrons. The molecule has 0 fully saturated rings. The van der Waals surface area contributed by atoms with Gasteiger partial charge >= 0.3 is 0 Å². The summed E-state index contributed by atoms with van der Waals surface area (Å²) in [6.45, 7) is 3.33. The van der Waals surface area contributed by atoms with Crippen LogP contribution < -0.4 is 10.2 Å². The third-order valence-corrected chi connectivity index (χ3v) is 5.79. The van der Waals surface area contributed by atoms with E-state index in [4.69, 9.17) is 16.7 Å². The molecule has 3 atom stereocenters. The number of carbonyl (C=O) groups excluding carboxylic acids is 2. The van der Waals surface area contributed by atoms with Crippen LogP contribution in [0.2, 0.25) is 5.02 Å². The summed E-state index contributed by atoms with van der Waals surface area (Å²) < 4.78 is 0. The number of anilines is 2. The van der Waals surface area contributed by atoms with Crippen molar-refractivity contribution in [2.24, 2.45) is 5.92 Å². The SMILES string of the molecule is C[C@H](O)C(=O)Nc1ccc(CN2C(=O)[C@](O)([C@H](C)/C=C/CCO)c3cc(Cl)ccc32)cc1. The molecule has 0 bridgehead atoms. The van der Waals surface area contributed by atoms with Crippen molar-refractivity contribution in [3.05, 3.63) is 70.8 Å². The van der Waals surface area contributed by atoms with Gasteiger partial charge in [-0.15, -0.1) is 0 Å². The Balaban J connectivity index is 1.88. The number of halogens is 1. The van der Waals surface area contributed by atoms with Crippen molar-refractivity contribution in [1.29, 1.82) is 0 Å². The van der Waals surface area contributed by atoms with Crippen molar-refractivity contribution < 1.29 is 24.9 Å². The zero-order chi connectivity index (χ0) is 23.5. The number of carbonyl (C=O) groups is 2. The van der Waals surface area contributed by atoms with Crippen molar-refractivity contribution in [2.45, 2.75) is 38.5 Å². The van der Waals surface area contributed by atoms with Crippen molar-refractivity contribution in [2.75, 3.05) is 16.8 Å². The maximum Gasteiger partial charge on any atom is 0.264 e. The summed E-state index contributed by atoms with van der Waals surface area (Å²) in [6, 6.07) is 11.9. The Bertz CT molecular complexity index is 1020. The largest absolute Gasteiger partial charge is 0.396 e. The van der Waals surface area contributed by atoms with E-state index < -0.39 is 29.4 Å². The fourth-order valence-electron chi connectivity index (χ4n) is 3.71. The van der Waals surface area contributed by atoms with E-state index in [-0.39, 0.29) is 13.2 Å². The van der Waals surface area contributed by atoms with Gasteiger partial charge in [0.15, 0.2) is 5.60 Å². The third-order valence-electron chi connectivity index (χ3n) is 5.55. The van der Waals surface area contributed by atoms with E-state index in [0.29, 0.717) is 28.4 Å². The monoisotopic (exact) mass is 458 g/mol. The van der Waals surface area contributed by atoms with E-state index in [1.807, 2.05) is 0 Å². The van der Waals surface area contributed by atoms with Crippen LogP contribution in [0.25, 0.3) is 0 Å². The van der Waals surface area contributed by atoms with Crippen LogP contribution in [0.15, 0.2) is 54.6 Å². The Morgan fingerprint density at radius 1 is 1.22 bits per heavy atom. The normalized spacial score (nSPS) is 19.8. The van der Waals surface area contributed by atoms with Crippen LogP contribution in [0.4, 0.5) is 11.4 Å². The fraction of sp³-hybridized carbons (Fsp3) is 0.333. The van der Waals surface area contributed by atoms with Gasteiger partial charge in [-0.3, -0.25) is 9.59 Å². The molecule has 2 amide bonds. The average Bonchev–Trinajstić information content (AvgIpc) is 2.97. The second-order valence-electron chi connectivity index (χ2n) is 7.91. The Kier molecular flexibility index (Phi) is 7.36. The van der Waals surface area contributed by atoms with Crippen LogP contribution in [-0.4, -0.2) is 39.8 Å². The van der Waals surface area contributed by atoms with Crippen LogP contribution in [0.5, 0.6) is 0 Å². The summed E-state index contributed by atoms with van der Waals surface area (Å²) in [7, 11) is 0. The highest BCUT2D eigenvalue weighted by Crippen LogP contribution is 2.46. The molecule has 4 N–H and O–H groups in total. The predicted octanol–water partition coefficient (Wildman–Crippen LogP) is 2.97. The molecule has 1 aliphatic heterocycles. The Morgan fingerprint density at radius 2 is 1.91 bits per heavy atom. The van der Waals surface area contributed by atoms with Crippen LogP contribution in [0.1, 0.15) is 31.4 Å². The lowest BCUT2D eigenvalue weighted by atomic mass is 9.83. The molecule has 1 heterocycles. The van der Waals surface area contributed by atoms with E-state index in [9.17, 15) is 19.8 Å². The summed E-state index contributed by atoms with van der Waals surface area (Å²) in [5, 5.41) is 32.9. The maximum absolute atomic E-state index is 13.4. The highest BCUT2D eigenvalue weighted by atomic mass is 35.5. The molecule has 0 unspecified atom stereocenters. The number of nitrogens with zero attached hydrogens (tertiary/aromatic N) is 1. The van der Waals surface area contributed by atoms with Gasteiger partial charge in [0.2, 0.25) is 0 Å². The van der Waals surface area contributed by atoms with Crippen LogP contribution in [-0.2, 0) is 21.7 Å². The van der Waals surface area contributed by atoms with Gasteiger partial charge in [-0.25, -0.2) is 0 Å². The van der Waals surface area contributed by atoms with Gasteiger partial charge in [0.05, 0.1) is 12.2 Å². The number of benzene rings is 2. The number of fused-ring (bicyclic) bond motifs is 1. The summed E-state index contributed by atoms with van der Waals surface area (Å²) in [4.78, 5) is 26.6. The summed E-state index contributed by atoms with van der Waals surface area (Å²) in [5.41, 5.74) is 0.561. The van der Waals surface area contributed by atoms with Crippen molar-refractivity contribution in [3.63, 3.8) is 0 Å². The predicted molar refractivity (Wildman–Crippen MR) is 123 cm³/mol. The van der Waals surface area contributed by atoms with E-state index in [0.717, 1.165) is 5.56 Å². The quantitative estimate of drug-likeness (QED) is 0.454. The lowest BCUT2D eigenvalue weighted by Gasteiger charge is -2.27. The van der Waals surface area contributed by atoms with Gasteiger partial charge in [-0.2, -0.15) is 0 Å². The molecule has 32 heavy (non-hydrogen) atoms. The third kappa shape index (κ3) is 4.71. The highest BCUT2D eigenvalue weighted by Gasteiger charge is 2.52. The standard InChI is InChI=1S/C24H27ClN2O5/c1-15(5-3-4-12-28)24(32)20-13-18(25)8-11-21(20)27(23(24)31)14-17-6-9-19(10-7-17)26-22(30)16(2)29/h3,5-11,13,15-16,28-29,32H,4,12,14H2,1-2H3,(H,26,30)/b5-3+/t15-,16+,24+/m1/s1. The van der Waals surface area contributed by atoms with Crippen molar-refractivity contribution in [1.82, 2.24) is 0 Å². The first-order valence-electron chi connectivity index (χ1n) is 10.4. The zero-order valence-corrected chi connectivity index (χ0v) is 18.7. The molecule has 2 aromatic rings. The molecule has 0 aliphatic carbocycles. The van der Waals surface area contributed by atoms with Crippen molar-refractivity contribution >= 4 is 34.8 Å². The number of aliphatic hydroxyl groups excluding tert-OH is 2. The Hall–Kier alpha value is -2.71. The zero-order valence-electron chi connectivity index (χ0n) is 18.0. The minimum atomic E-state index is -1.78. The number of nitrogens with one attached hydrogen (secondary N) is 1. The highest BCUT2D eigenvalue weighted by molar-refractivity contribution is 6.31. The van der Waals surface area contributed by atoms with E-state index in [2.05, 4.69) is 5.32 Å². The molecular formula is C24H27ClN2O5. The van der Waals surface area contributed by atoms with Gasteiger partial charge in [0.1, 0.15) is 6.10 Å². The molecule has 8 heteroatoms. The molecule has 1 aliphatic rings. The second kappa shape index (κ2) is 9.83. The second-order valence-corrected chi connectivity index (χ2v) is 8.35. The molecule has 2 aromatic carbocycles. The molecule has 0 spiro atoms. The lowest BCUT2D eigenvalue weighted by molar-refractivity contribution is -0.139. The van der Waals surface area contributed by atoms with Gasteiger partial charge in [0.25, 0.3) is 11.8 Å². The molecule has 0 saturated heterocycles. The minimum Gasteiger partial charge on any atom is -0.396 e. The van der Waals surface area contributed by atoms with Gasteiger partial charge < -0.3 is 25.5 Å². The van der Waals surface area contributed by atoms with Crippen LogP contribution in [0, 0.1) is 5.92 Å². The first-order chi connectivity index (χ1) is 15.2. The number of amides is 2. The summed E-state index contributed by atoms with van der Waals surface area (Å²) in [6.07, 6.45) is 2.77. The Morgan fingerprint density at radius 3 is 2.53 bits per heavy atom. The molecule has 0 saturated carbocycles. The molecule has 7 nitrogen and oxygen atoms in total. The number of hydrogen-bond donors (Lipinski definition) is 4. The molecule has 170 valence electrons. The topological polar surface area (TPSA) is 110 Å². The molecule has 3 rings (SSSR count). The van der Waals surface area contributed by atoms with Crippen molar-refractivity contribution in [3.8, 4) is 0 Å². The van der Waals surface area contributed by atoms with Gasteiger partial charge in [-0.05, 0) is 49.2 Å². The summed E-state index contributed by atoms with van der Waals surface area (Å²) in [5.74, 6) is -1.50. The number of aliphatic hydroxyl groups is 3. The van der Waals surface area contributed by atoms with Crippen LogP contribution in [0.3, 0.4) is 0 Å². The Labute approximate surface area is 191 Å². The first-order valence-corrected chi connectivity index (χ1v) is 10.8. The minimum absolute atomic E-state index is 0.0161. The van der Waals surface area contributed by atoms with Crippen LogP contribution >= 0.6 is 11.6 Å². The van der Waals surface area contributed by atoms with E-state index in [1.54, 1.807) is 61.5 Å². The van der Waals surface area contributed by atoms with Gasteiger partial charge in [0, 0.05) is 28.8 Å². The number of rotatable bonds is 8. The lowest BCUT2D eigenvalue weighted by Crippen LogP contribution is -2.44. The van der Waals surface area contributed by atoms with E-state index >= 15 is 0 Å². The maximum atomic E-state index is 13.4. The molecule has 0 aromatic heterocycles. The summed E-state index contributed by atoms with van der Waals surface area (Å²) >= 11 is 6.17. The number of hydrogen-bond acceptors (Lipinski definition) is 5. The molecular weight excluding hydrogens is 432 g/mol. The first kappa shape index (κ1) is 23.9. The van der Waals surface area contributed by atoms with E-state index in [1.165, 1.54) is 11.8 Å². The smallest absolute Gasteiger partial charge is 0.264 e. The fourth-order valence-corrected chi connectivity index (χ4v) is 3.89. The average molecular weight is 459 g/mol.